The Morgan fingerprint density at radius 1 is 0.923 bits per heavy atom. The summed E-state index contributed by atoms with van der Waals surface area (Å²) >= 11 is 0. The second kappa shape index (κ2) is 8.48. The van der Waals surface area contributed by atoms with Crippen LogP contribution in [0.3, 0.4) is 0 Å². The van der Waals surface area contributed by atoms with Gasteiger partial charge in [-0.1, -0.05) is 56.3 Å². The van der Waals surface area contributed by atoms with Crippen molar-refractivity contribution in [2.24, 2.45) is 0 Å². The van der Waals surface area contributed by atoms with Crippen molar-refractivity contribution >= 4 is 17.5 Å². The molecule has 0 saturated heterocycles. The normalized spacial score (nSPS) is 10.8. The lowest BCUT2D eigenvalue weighted by atomic mass is 10.0. The molecular weight excluding hydrogens is 320 g/mol. The second-order valence-corrected chi connectivity index (χ2v) is 6.78. The molecule has 3 rings (SSSR count). The molecule has 1 heterocycles. The van der Waals surface area contributed by atoms with Crippen molar-refractivity contribution in [2.75, 3.05) is 17.2 Å². The lowest BCUT2D eigenvalue weighted by Gasteiger charge is -2.11. The summed E-state index contributed by atoms with van der Waals surface area (Å²) in [6.45, 7) is 7.18. The maximum absolute atomic E-state index is 4.58. The Balaban J connectivity index is 1.63. The third kappa shape index (κ3) is 5.06. The van der Waals surface area contributed by atoms with Crippen molar-refractivity contribution in [3.05, 3.63) is 77.5 Å². The molecule has 4 nitrogen and oxygen atoms in total. The van der Waals surface area contributed by atoms with Gasteiger partial charge in [0.05, 0.1) is 0 Å². The van der Waals surface area contributed by atoms with Gasteiger partial charge >= 0.3 is 0 Å². The van der Waals surface area contributed by atoms with Gasteiger partial charge in [0.25, 0.3) is 0 Å². The van der Waals surface area contributed by atoms with Crippen LogP contribution in [0, 0.1) is 6.92 Å². The van der Waals surface area contributed by atoms with Gasteiger partial charge in [-0.15, -0.1) is 0 Å². The number of aromatic nitrogens is 2. The van der Waals surface area contributed by atoms with E-state index in [2.05, 4.69) is 83.0 Å². The van der Waals surface area contributed by atoms with Crippen molar-refractivity contribution in [3.8, 4) is 0 Å². The van der Waals surface area contributed by atoms with E-state index in [0.29, 0.717) is 11.9 Å². The highest BCUT2D eigenvalue weighted by molar-refractivity contribution is 5.58. The number of benzene rings is 2. The van der Waals surface area contributed by atoms with Gasteiger partial charge in [-0.2, -0.15) is 4.98 Å². The zero-order valence-electron chi connectivity index (χ0n) is 15.7. The highest BCUT2D eigenvalue weighted by Crippen LogP contribution is 2.20. The molecule has 1 aromatic heterocycles. The molecule has 3 aromatic rings. The molecule has 0 aliphatic rings. The molecule has 0 saturated carbocycles. The summed E-state index contributed by atoms with van der Waals surface area (Å²) in [4.78, 5) is 9.07. The summed E-state index contributed by atoms with van der Waals surface area (Å²) in [7, 11) is 0. The monoisotopic (exact) mass is 346 g/mol. The Hall–Kier alpha value is -2.88. The fourth-order valence-electron chi connectivity index (χ4n) is 2.77. The third-order valence-corrected chi connectivity index (χ3v) is 4.24. The summed E-state index contributed by atoms with van der Waals surface area (Å²) in [5.74, 6) is 1.99. The van der Waals surface area contributed by atoms with Gasteiger partial charge in [-0.3, -0.25) is 0 Å². The van der Waals surface area contributed by atoms with E-state index in [-0.39, 0.29) is 0 Å². The molecule has 4 heteroatoms. The number of hydrogen-bond donors (Lipinski definition) is 2. The summed E-state index contributed by atoms with van der Waals surface area (Å²) in [6.07, 6.45) is 0.942. The van der Waals surface area contributed by atoms with Crippen LogP contribution in [0.1, 0.15) is 36.6 Å². The third-order valence-electron chi connectivity index (χ3n) is 4.24. The highest BCUT2D eigenvalue weighted by atomic mass is 15.1. The first-order valence-electron chi connectivity index (χ1n) is 9.10. The second-order valence-electron chi connectivity index (χ2n) is 6.78. The number of aryl methyl sites for hydroxylation is 1. The first-order chi connectivity index (χ1) is 12.6. The van der Waals surface area contributed by atoms with E-state index in [0.717, 1.165) is 30.2 Å². The zero-order chi connectivity index (χ0) is 18.4. The molecule has 0 radical (unpaired) electrons. The van der Waals surface area contributed by atoms with E-state index in [9.17, 15) is 0 Å². The first kappa shape index (κ1) is 17.9. The van der Waals surface area contributed by atoms with Crippen molar-refractivity contribution in [1.29, 1.82) is 0 Å². The van der Waals surface area contributed by atoms with Crippen LogP contribution in [0.4, 0.5) is 17.5 Å². The molecule has 0 atom stereocenters. The molecule has 0 unspecified atom stereocenters. The number of anilines is 3. The van der Waals surface area contributed by atoms with Crippen molar-refractivity contribution < 1.29 is 0 Å². The Bertz CT molecular complexity index is 827. The molecule has 0 bridgehead atoms. The zero-order valence-corrected chi connectivity index (χ0v) is 15.7. The number of nitrogens with zero attached hydrogens (tertiary/aromatic N) is 2. The fraction of sp³-hybridized carbons (Fsp3) is 0.273. The molecule has 26 heavy (non-hydrogen) atoms. The molecule has 2 N–H and O–H groups in total. The van der Waals surface area contributed by atoms with Gasteiger partial charge in [0, 0.05) is 24.0 Å². The van der Waals surface area contributed by atoms with Crippen LogP contribution in [0.25, 0.3) is 0 Å². The summed E-state index contributed by atoms with van der Waals surface area (Å²) in [6, 6.07) is 20.9. The molecule has 2 aromatic carbocycles. The molecule has 0 aliphatic heterocycles. The quantitative estimate of drug-likeness (QED) is 0.609. The summed E-state index contributed by atoms with van der Waals surface area (Å²) in [5, 5.41) is 6.69. The van der Waals surface area contributed by atoms with Gasteiger partial charge in [0.1, 0.15) is 5.82 Å². The highest BCUT2D eigenvalue weighted by Gasteiger charge is 2.04. The Morgan fingerprint density at radius 3 is 2.35 bits per heavy atom. The Labute approximate surface area is 155 Å². The smallest absolute Gasteiger partial charge is 0.224 e. The van der Waals surface area contributed by atoms with Gasteiger partial charge in [0.2, 0.25) is 5.95 Å². The predicted octanol–water partition coefficient (Wildman–Crippen LogP) is 5.31. The van der Waals surface area contributed by atoms with Crippen LogP contribution in [-0.2, 0) is 6.42 Å². The minimum absolute atomic E-state index is 0.533. The summed E-state index contributed by atoms with van der Waals surface area (Å²) in [5.41, 5.74) is 4.60. The van der Waals surface area contributed by atoms with Crippen LogP contribution < -0.4 is 10.6 Å². The van der Waals surface area contributed by atoms with E-state index in [1.807, 2.05) is 19.1 Å². The van der Waals surface area contributed by atoms with E-state index in [4.69, 9.17) is 0 Å². The lowest BCUT2D eigenvalue weighted by molar-refractivity contribution is 0.867. The summed E-state index contributed by atoms with van der Waals surface area (Å²) < 4.78 is 0. The van der Waals surface area contributed by atoms with E-state index >= 15 is 0 Å². The fourth-order valence-corrected chi connectivity index (χ4v) is 2.77. The van der Waals surface area contributed by atoms with Crippen molar-refractivity contribution in [1.82, 2.24) is 9.97 Å². The minimum atomic E-state index is 0.533. The molecule has 0 fully saturated rings. The topological polar surface area (TPSA) is 49.8 Å². The van der Waals surface area contributed by atoms with E-state index in [1.165, 1.54) is 11.1 Å². The van der Waals surface area contributed by atoms with Crippen molar-refractivity contribution in [3.63, 3.8) is 0 Å². The van der Waals surface area contributed by atoms with Crippen LogP contribution in [0.5, 0.6) is 0 Å². The van der Waals surface area contributed by atoms with Crippen molar-refractivity contribution in [2.45, 2.75) is 33.1 Å². The first-order valence-corrected chi connectivity index (χ1v) is 9.10. The van der Waals surface area contributed by atoms with Crippen LogP contribution in [0.2, 0.25) is 0 Å². The molecule has 0 spiro atoms. The van der Waals surface area contributed by atoms with Crippen LogP contribution in [0.15, 0.2) is 60.7 Å². The Kier molecular flexibility index (Phi) is 5.84. The van der Waals surface area contributed by atoms with Gasteiger partial charge < -0.3 is 10.6 Å². The minimum Gasteiger partial charge on any atom is -0.354 e. The van der Waals surface area contributed by atoms with Crippen LogP contribution in [-0.4, -0.2) is 16.5 Å². The van der Waals surface area contributed by atoms with Gasteiger partial charge in [0.15, 0.2) is 0 Å². The average molecular weight is 346 g/mol. The van der Waals surface area contributed by atoms with E-state index in [1.54, 1.807) is 0 Å². The number of hydrogen-bond acceptors (Lipinski definition) is 4. The molecule has 0 amide bonds. The molecular formula is C22H26N4. The van der Waals surface area contributed by atoms with Crippen LogP contribution >= 0.6 is 0 Å². The van der Waals surface area contributed by atoms with Gasteiger partial charge in [-0.05, 0) is 42.5 Å². The predicted molar refractivity (Wildman–Crippen MR) is 109 cm³/mol. The SMILES string of the molecule is Cc1cc(Nc2ccc(C(C)C)cc2)nc(NCCc2ccccc2)n1. The maximum Gasteiger partial charge on any atom is 0.224 e. The lowest BCUT2D eigenvalue weighted by Crippen LogP contribution is -2.09. The standard InChI is InChI=1S/C22H26N4/c1-16(2)19-9-11-20(12-10-19)25-21-15-17(3)24-22(26-21)23-14-13-18-7-5-4-6-8-18/h4-12,15-16H,13-14H2,1-3H3,(H2,23,24,25,26). The number of nitrogens with one attached hydrogen (secondary N) is 2. The average Bonchev–Trinajstić information content (AvgIpc) is 2.62. The van der Waals surface area contributed by atoms with Gasteiger partial charge in [-0.25, -0.2) is 4.98 Å². The molecule has 134 valence electrons. The maximum atomic E-state index is 4.58. The molecule has 0 aliphatic carbocycles. The Morgan fingerprint density at radius 2 is 1.65 bits per heavy atom. The number of rotatable bonds is 7. The van der Waals surface area contributed by atoms with E-state index < -0.39 is 0 Å². The largest absolute Gasteiger partial charge is 0.354 e.